The highest BCUT2D eigenvalue weighted by Crippen LogP contribution is 2.20. The van der Waals surface area contributed by atoms with Crippen LogP contribution in [-0.4, -0.2) is 14.3 Å². The van der Waals surface area contributed by atoms with E-state index in [1.807, 2.05) is 24.3 Å². The molecule has 0 heterocycles. The first-order valence-electron chi connectivity index (χ1n) is 9.05. The van der Waals surface area contributed by atoms with Crippen molar-refractivity contribution in [2.75, 3.05) is 10.0 Å². The monoisotopic (exact) mass is 412 g/mol. The maximum atomic E-state index is 13.7. The minimum Gasteiger partial charge on any atom is -0.322 e. The van der Waals surface area contributed by atoms with Crippen LogP contribution in [0.4, 0.5) is 15.8 Å². The van der Waals surface area contributed by atoms with Crippen LogP contribution in [0.25, 0.3) is 0 Å². The van der Waals surface area contributed by atoms with Crippen LogP contribution in [0.5, 0.6) is 0 Å². The smallest absolute Gasteiger partial charge is 0.261 e. The molecule has 29 heavy (non-hydrogen) atoms. The highest BCUT2D eigenvalue weighted by atomic mass is 32.2. The molecule has 0 radical (unpaired) electrons. The first-order valence-corrected chi connectivity index (χ1v) is 10.5. The number of hydrogen-bond donors (Lipinski definition) is 2. The molecular formula is C22H21FN2O3S. The standard InChI is InChI=1S/C22H21FN2O3S/c1-15(2)16-7-11-18(12-8-16)24-22(26)17-9-13-19(14-10-17)29(27,28)25-21-6-4-3-5-20(21)23/h3-15,25H,1-2H3,(H,24,26). The van der Waals surface area contributed by atoms with Gasteiger partial charge in [0, 0.05) is 11.3 Å². The van der Waals surface area contributed by atoms with Crippen molar-refractivity contribution in [3.05, 3.63) is 89.7 Å². The molecule has 3 aromatic carbocycles. The SMILES string of the molecule is CC(C)c1ccc(NC(=O)c2ccc(S(=O)(=O)Nc3ccccc3F)cc2)cc1. The van der Waals surface area contributed by atoms with E-state index in [1.165, 1.54) is 54.1 Å². The fourth-order valence-electron chi connectivity index (χ4n) is 2.69. The summed E-state index contributed by atoms with van der Waals surface area (Å²) in [4.78, 5) is 12.3. The van der Waals surface area contributed by atoms with E-state index in [0.29, 0.717) is 17.2 Å². The van der Waals surface area contributed by atoms with Crippen LogP contribution in [0.2, 0.25) is 0 Å². The number of para-hydroxylation sites is 1. The zero-order valence-electron chi connectivity index (χ0n) is 16.0. The summed E-state index contributed by atoms with van der Waals surface area (Å²) in [5.41, 5.74) is 1.99. The van der Waals surface area contributed by atoms with Crippen molar-refractivity contribution in [1.29, 1.82) is 0 Å². The van der Waals surface area contributed by atoms with Gasteiger partial charge in [-0.25, -0.2) is 12.8 Å². The summed E-state index contributed by atoms with van der Waals surface area (Å²) < 4.78 is 40.8. The summed E-state index contributed by atoms with van der Waals surface area (Å²) >= 11 is 0. The molecule has 5 nitrogen and oxygen atoms in total. The lowest BCUT2D eigenvalue weighted by molar-refractivity contribution is 0.102. The van der Waals surface area contributed by atoms with E-state index in [2.05, 4.69) is 23.9 Å². The molecule has 3 rings (SSSR count). The Kier molecular flexibility index (Phi) is 5.98. The fraction of sp³-hybridized carbons (Fsp3) is 0.136. The Morgan fingerprint density at radius 2 is 1.52 bits per heavy atom. The zero-order chi connectivity index (χ0) is 21.0. The van der Waals surface area contributed by atoms with Gasteiger partial charge in [0.25, 0.3) is 15.9 Å². The summed E-state index contributed by atoms with van der Waals surface area (Å²) in [7, 11) is -3.97. The van der Waals surface area contributed by atoms with E-state index >= 15 is 0 Å². The molecule has 0 saturated heterocycles. The predicted octanol–water partition coefficient (Wildman–Crippen LogP) is 5.00. The molecule has 7 heteroatoms. The van der Waals surface area contributed by atoms with Crippen LogP contribution in [0, 0.1) is 5.82 Å². The average molecular weight is 412 g/mol. The maximum Gasteiger partial charge on any atom is 0.261 e. The van der Waals surface area contributed by atoms with Crippen molar-refractivity contribution in [2.45, 2.75) is 24.7 Å². The van der Waals surface area contributed by atoms with Crippen LogP contribution < -0.4 is 10.0 Å². The third-order valence-electron chi connectivity index (χ3n) is 4.38. The third kappa shape index (κ3) is 5.00. The predicted molar refractivity (Wildman–Crippen MR) is 112 cm³/mol. The second-order valence-corrected chi connectivity index (χ2v) is 8.52. The summed E-state index contributed by atoms with van der Waals surface area (Å²) in [6, 6.07) is 18.5. The van der Waals surface area contributed by atoms with Crippen molar-refractivity contribution in [2.24, 2.45) is 0 Å². The van der Waals surface area contributed by atoms with E-state index < -0.39 is 15.8 Å². The minimum absolute atomic E-state index is 0.0708. The van der Waals surface area contributed by atoms with Crippen LogP contribution in [-0.2, 0) is 10.0 Å². The lowest BCUT2D eigenvalue weighted by Gasteiger charge is -2.10. The second-order valence-electron chi connectivity index (χ2n) is 6.84. The number of hydrogen-bond acceptors (Lipinski definition) is 3. The molecule has 0 atom stereocenters. The molecule has 150 valence electrons. The normalized spacial score (nSPS) is 11.3. The Bertz CT molecular complexity index is 1110. The van der Waals surface area contributed by atoms with Crippen molar-refractivity contribution < 1.29 is 17.6 Å². The zero-order valence-corrected chi connectivity index (χ0v) is 16.8. The number of benzene rings is 3. The van der Waals surface area contributed by atoms with Crippen LogP contribution in [0.15, 0.2) is 77.7 Å². The lowest BCUT2D eigenvalue weighted by atomic mass is 10.0. The number of carbonyl (C=O) groups excluding carboxylic acids is 1. The van der Waals surface area contributed by atoms with Gasteiger partial charge in [-0.3, -0.25) is 9.52 Å². The Morgan fingerprint density at radius 1 is 0.897 bits per heavy atom. The summed E-state index contributed by atoms with van der Waals surface area (Å²) in [5, 5.41) is 2.78. The molecule has 0 aliphatic rings. The van der Waals surface area contributed by atoms with E-state index in [4.69, 9.17) is 0 Å². The number of nitrogens with one attached hydrogen (secondary N) is 2. The van der Waals surface area contributed by atoms with Gasteiger partial charge in [-0.1, -0.05) is 38.1 Å². The van der Waals surface area contributed by atoms with Gasteiger partial charge in [0.15, 0.2) is 0 Å². The highest BCUT2D eigenvalue weighted by Gasteiger charge is 2.17. The number of carbonyl (C=O) groups is 1. The first kappa shape index (κ1) is 20.5. The Balaban J connectivity index is 1.72. The van der Waals surface area contributed by atoms with Crippen LogP contribution in [0.1, 0.15) is 35.7 Å². The largest absolute Gasteiger partial charge is 0.322 e. The number of rotatable bonds is 6. The third-order valence-corrected chi connectivity index (χ3v) is 5.76. The Labute approximate surface area is 169 Å². The second kappa shape index (κ2) is 8.45. The summed E-state index contributed by atoms with van der Waals surface area (Å²) in [6.07, 6.45) is 0. The molecule has 0 saturated carbocycles. The number of amides is 1. The molecule has 0 aromatic heterocycles. The maximum absolute atomic E-state index is 13.7. The molecule has 0 aliphatic carbocycles. The summed E-state index contributed by atoms with van der Waals surface area (Å²) in [5.74, 6) is -0.629. The molecular weight excluding hydrogens is 391 g/mol. The van der Waals surface area contributed by atoms with Gasteiger partial charge in [0.05, 0.1) is 10.6 Å². The number of anilines is 2. The topological polar surface area (TPSA) is 75.3 Å². The van der Waals surface area contributed by atoms with Gasteiger partial charge in [0.2, 0.25) is 0 Å². The van der Waals surface area contributed by atoms with Gasteiger partial charge < -0.3 is 5.32 Å². The highest BCUT2D eigenvalue weighted by molar-refractivity contribution is 7.92. The van der Waals surface area contributed by atoms with E-state index in [-0.39, 0.29) is 16.5 Å². The van der Waals surface area contributed by atoms with E-state index in [1.54, 1.807) is 0 Å². The fourth-order valence-corrected chi connectivity index (χ4v) is 3.76. The molecule has 3 aromatic rings. The quantitative estimate of drug-likeness (QED) is 0.598. The summed E-state index contributed by atoms with van der Waals surface area (Å²) in [6.45, 7) is 4.18. The van der Waals surface area contributed by atoms with Gasteiger partial charge in [0.1, 0.15) is 5.82 Å². The van der Waals surface area contributed by atoms with Crippen molar-refractivity contribution in [1.82, 2.24) is 0 Å². The van der Waals surface area contributed by atoms with E-state index in [0.717, 1.165) is 0 Å². The van der Waals surface area contributed by atoms with Gasteiger partial charge in [-0.2, -0.15) is 0 Å². The first-order chi connectivity index (χ1) is 13.8. The number of sulfonamides is 1. The van der Waals surface area contributed by atoms with Crippen molar-refractivity contribution in [3.63, 3.8) is 0 Å². The van der Waals surface area contributed by atoms with Gasteiger partial charge in [-0.15, -0.1) is 0 Å². The molecule has 0 spiro atoms. The van der Waals surface area contributed by atoms with Crippen molar-refractivity contribution >= 4 is 27.3 Å². The molecule has 0 bridgehead atoms. The minimum atomic E-state index is -3.97. The molecule has 2 N–H and O–H groups in total. The Hall–Kier alpha value is -3.19. The van der Waals surface area contributed by atoms with Crippen LogP contribution in [0.3, 0.4) is 0 Å². The van der Waals surface area contributed by atoms with Gasteiger partial charge in [-0.05, 0) is 60.0 Å². The molecule has 0 aliphatic heterocycles. The molecule has 1 amide bonds. The van der Waals surface area contributed by atoms with Crippen LogP contribution >= 0.6 is 0 Å². The molecule has 0 unspecified atom stereocenters. The average Bonchev–Trinajstić information content (AvgIpc) is 2.70. The molecule has 0 fully saturated rings. The lowest BCUT2D eigenvalue weighted by Crippen LogP contribution is -2.15. The van der Waals surface area contributed by atoms with Gasteiger partial charge >= 0.3 is 0 Å². The Morgan fingerprint density at radius 3 is 2.10 bits per heavy atom. The number of halogens is 1. The van der Waals surface area contributed by atoms with E-state index in [9.17, 15) is 17.6 Å². The van der Waals surface area contributed by atoms with Crippen molar-refractivity contribution in [3.8, 4) is 0 Å².